The standard InChI is InChI=1S/C26H36N2O/c1-2-5-9-14-27-16-13-22-23-20(11-7-3-1)18-29-24(23)25-26(22,19-27)17-21-12-8-4-6-10-15-28(21)25/h1,3,8,12,18,21-22,25H,2,4-7,9-11,13-17,19H2/b3-1-,12-8-/t21-,22-,25-,26-/m0/s1. The molecule has 1 aromatic heterocycles. The van der Waals surface area contributed by atoms with Gasteiger partial charge in [0.1, 0.15) is 5.76 Å². The summed E-state index contributed by atoms with van der Waals surface area (Å²) in [6, 6.07) is 1.12. The molecule has 4 bridgehead atoms. The van der Waals surface area contributed by atoms with Crippen molar-refractivity contribution in [2.24, 2.45) is 5.41 Å². The SMILES string of the molecule is C1=C\CCc2coc3c2[C@@H]2CCN(CCCC/1)C[C@@]21C[C@@H]2/C=C\CCCCN2[C@@H]31. The first-order valence-electron chi connectivity index (χ1n) is 12.3. The minimum absolute atomic E-state index is 0.377. The van der Waals surface area contributed by atoms with Crippen LogP contribution in [0.5, 0.6) is 0 Å². The van der Waals surface area contributed by atoms with Gasteiger partial charge in [0.25, 0.3) is 0 Å². The van der Waals surface area contributed by atoms with E-state index >= 15 is 0 Å². The molecule has 3 heteroatoms. The second-order valence-corrected chi connectivity index (χ2v) is 10.2. The molecule has 0 N–H and O–H groups in total. The van der Waals surface area contributed by atoms with Gasteiger partial charge in [-0.05, 0) is 95.3 Å². The Morgan fingerprint density at radius 3 is 2.76 bits per heavy atom. The van der Waals surface area contributed by atoms with Crippen molar-refractivity contribution in [3.63, 3.8) is 0 Å². The molecule has 1 aromatic rings. The average molecular weight is 393 g/mol. The summed E-state index contributed by atoms with van der Waals surface area (Å²) in [5.41, 5.74) is 3.54. The lowest BCUT2D eigenvalue weighted by Crippen LogP contribution is -2.48. The molecular weight excluding hydrogens is 356 g/mol. The van der Waals surface area contributed by atoms with Crippen LogP contribution in [0.15, 0.2) is 35.0 Å². The van der Waals surface area contributed by atoms with E-state index in [9.17, 15) is 0 Å². The van der Waals surface area contributed by atoms with Crippen molar-refractivity contribution in [1.82, 2.24) is 9.80 Å². The molecule has 156 valence electrons. The van der Waals surface area contributed by atoms with Gasteiger partial charge in [0.2, 0.25) is 0 Å². The highest BCUT2D eigenvalue weighted by molar-refractivity contribution is 5.45. The van der Waals surface area contributed by atoms with Crippen LogP contribution in [-0.2, 0) is 6.42 Å². The van der Waals surface area contributed by atoms with Crippen LogP contribution < -0.4 is 0 Å². The lowest BCUT2D eigenvalue weighted by molar-refractivity contribution is 0.0366. The predicted molar refractivity (Wildman–Crippen MR) is 117 cm³/mol. The molecule has 6 aliphatic rings. The molecule has 7 rings (SSSR count). The fourth-order valence-electron chi connectivity index (χ4n) is 7.44. The molecule has 0 saturated carbocycles. The van der Waals surface area contributed by atoms with Gasteiger partial charge in [-0.3, -0.25) is 4.90 Å². The molecule has 1 unspecified atom stereocenters. The van der Waals surface area contributed by atoms with Crippen LogP contribution in [0.1, 0.15) is 86.6 Å². The number of hydrogen-bond donors (Lipinski definition) is 0. The van der Waals surface area contributed by atoms with Crippen molar-refractivity contribution in [2.75, 3.05) is 26.2 Å². The maximum Gasteiger partial charge on any atom is 0.125 e. The summed E-state index contributed by atoms with van der Waals surface area (Å²) in [5, 5.41) is 0. The van der Waals surface area contributed by atoms with E-state index in [1.807, 2.05) is 0 Å². The zero-order valence-corrected chi connectivity index (χ0v) is 17.8. The summed E-state index contributed by atoms with van der Waals surface area (Å²) in [6.07, 6.45) is 24.8. The van der Waals surface area contributed by atoms with Crippen LogP contribution in [0.3, 0.4) is 0 Å². The van der Waals surface area contributed by atoms with Crippen molar-refractivity contribution in [1.29, 1.82) is 0 Å². The van der Waals surface area contributed by atoms with Crippen LogP contribution in [0.4, 0.5) is 0 Å². The third kappa shape index (κ3) is 2.91. The van der Waals surface area contributed by atoms with Gasteiger partial charge in [-0.15, -0.1) is 0 Å². The minimum atomic E-state index is 0.377. The first kappa shape index (κ1) is 18.4. The Hall–Kier alpha value is -1.32. The van der Waals surface area contributed by atoms with Gasteiger partial charge in [-0.25, -0.2) is 0 Å². The fourth-order valence-corrected chi connectivity index (χ4v) is 7.44. The van der Waals surface area contributed by atoms with E-state index in [0.29, 0.717) is 23.4 Å². The largest absolute Gasteiger partial charge is 0.467 e. The number of allylic oxidation sites excluding steroid dienone is 3. The molecule has 2 saturated heterocycles. The average Bonchev–Trinajstić information content (AvgIpc) is 3.30. The van der Waals surface area contributed by atoms with Crippen molar-refractivity contribution in [3.8, 4) is 0 Å². The Kier molecular flexibility index (Phi) is 4.72. The Labute approximate surface area is 175 Å². The van der Waals surface area contributed by atoms with Gasteiger partial charge >= 0.3 is 0 Å². The summed E-state index contributed by atoms with van der Waals surface area (Å²) >= 11 is 0. The van der Waals surface area contributed by atoms with Crippen LogP contribution in [0.2, 0.25) is 0 Å². The van der Waals surface area contributed by atoms with E-state index in [-0.39, 0.29) is 0 Å². The van der Waals surface area contributed by atoms with Gasteiger partial charge in [-0.2, -0.15) is 0 Å². The van der Waals surface area contributed by atoms with E-state index in [0.717, 1.165) is 12.8 Å². The van der Waals surface area contributed by atoms with E-state index < -0.39 is 0 Å². The van der Waals surface area contributed by atoms with Crippen molar-refractivity contribution in [3.05, 3.63) is 47.5 Å². The van der Waals surface area contributed by atoms with Gasteiger partial charge in [0.05, 0.1) is 12.3 Å². The molecule has 2 fully saturated rings. The number of hydrogen-bond acceptors (Lipinski definition) is 3. The summed E-state index contributed by atoms with van der Waals surface area (Å²) in [4.78, 5) is 5.66. The number of fused-ring (bicyclic) bond motifs is 10. The molecule has 3 nitrogen and oxygen atoms in total. The van der Waals surface area contributed by atoms with E-state index in [1.54, 1.807) is 5.56 Å². The topological polar surface area (TPSA) is 19.6 Å². The summed E-state index contributed by atoms with van der Waals surface area (Å²) in [7, 11) is 0. The Morgan fingerprint density at radius 1 is 0.931 bits per heavy atom. The third-order valence-corrected chi connectivity index (χ3v) is 8.61. The maximum absolute atomic E-state index is 6.46. The lowest BCUT2D eigenvalue weighted by Gasteiger charge is -2.46. The smallest absolute Gasteiger partial charge is 0.125 e. The zero-order valence-electron chi connectivity index (χ0n) is 17.8. The Bertz CT molecular complexity index is 808. The van der Waals surface area contributed by atoms with Crippen LogP contribution in [0.25, 0.3) is 0 Å². The van der Waals surface area contributed by atoms with Crippen molar-refractivity contribution < 1.29 is 4.42 Å². The molecule has 0 radical (unpaired) electrons. The second kappa shape index (κ2) is 7.42. The molecule has 29 heavy (non-hydrogen) atoms. The molecule has 1 aliphatic carbocycles. The van der Waals surface area contributed by atoms with Crippen LogP contribution in [0, 0.1) is 5.41 Å². The highest BCUT2D eigenvalue weighted by atomic mass is 16.3. The van der Waals surface area contributed by atoms with Crippen LogP contribution >= 0.6 is 0 Å². The van der Waals surface area contributed by atoms with Gasteiger partial charge in [0.15, 0.2) is 0 Å². The first-order chi connectivity index (χ1) is 14.4. The van der Waals surface area contributed by atoms with Crippen LogP contribution in [-0.4, -0.2) is 42.0 Å². The molecule has 6 heterocycles. The lowest BCUT2D eigenvalue weighted by atomic mass is 9.68. The van der Waals surface area contributed by atoms with E-state index in [4.69, 9.17) is 4.42 Å². The minimum Gasteiger partial charge on any atom is -0.467 e. The number of rotatable bonds is 0. The second-order valence-electron chi connectivity index (χ2n) is 10.2. The Balaban J connectivity index is 1.44. The van der Waals surface area contributed by atoms with E-state index in [1.165, 1.54) is 88.9 Å². The van der Waals surface area contributed by atoms with E-state index in [2.05, 4.69) is 40.4 Å². The molecule has 0 amide bonds. The van der Waals surface area contributed by atoms with Gasteiger partial charge in [-0.1, -0.05) is 24.3 Å². The number of piperidine rings is 1. The quantitative estimate of drug-likeness (QED) is 0.536. The Morgan fingerprint density at radius 2 is 1.79 bits per heavy atom. The third-order valence-electron chi connectivity index (χ3n) is 8.61. The summed E-state index contributed by atoms with van der Waals surface area (Å²) < 4.78 is 6.46. The van der Waals surface area contributed by atoms with Crippen molar-refractivity contribution >= 4 is 0 Å². The highest BCUT2D eigenvalue weighted by Crippen LogP contribution is 2.67. The monoisotopic (exact) mass is 392 g/mol. The zero-order chi connectivity index (χ0) is 19.3. The summed E-state index contributed by atoms with van der Waals surface area (Å²) in [5.74, 6) is 2.07. The summed E-state index contributed by atoms with van der Waals surface area (Å²) in [6.45, 7) is 5.08. The highest BCUT2D eigenvalue weighted by Gasteiger charge is 2.64. The maximum atomic E-state index is 6.46. The number of aryl methyl sites for hydroxylation is 1. The fraction of sp³-hybridized carbons (Fsp3) is 0.692. The first-order valence-corrected chi connectivity index (χ1v) is 12.3. The molecule has 1 spiro atoms. The van der Waals surface area contributed by atoms with Gasteiger partial charge in [0, 0.05) is 23.6 Å². The van der Waals surface area contributed by atoms with Gasteiger partial charge < -0.3 is 9.32 Å². The number of nitrogens with zero attached hydrogens (tertiary/aromatic N) is 2. The normalized spacial score (nSPS) is 41.8. The van der Waals surface area contributed by atoms with Crippen molar-refractivity contribution in [2.45, 2.75) is 82.2 Å². The number of furan rings is 1. The predicted octanol–water partition coefficient (Wildman–Crippen LogP) is 5.60. The molecule has 0 aromatic carbocycles. The molecule has 5 atom stereocenters. The molecule has 5 aliphatic heterocycles. The molecular formula is C26H36N2O.